The summed E-state index contributed by atoms with van der Waals surface area (Å²) in [7, 11) is 0. The molecule has 0 bridgehead atoms. The molecule has 0 aromatic heterocycles. The van der Waals surface area contributed by atoms with Gasteiger partial charge in [0.25, 0.3) is 0 Å². The number of phenols is 2. The first-order valence-electron chi connectivity index (χ1n) is 15.2. The SMILES string of the molecule is CC(C)(C)c1cc(C=[N+]C2CCCCC2[N+]([Co])=Cc2cc(C(C)(C)C)cc(C(C)(C)C)c2O)c(O)c(C(C)(C)C)c1. The molecule has 2 N–H and O–H groups in total. The Hall–Kier alpha value is -2.11. The molecule has 0 amide bonds. The molecule has 3 rings (SSSR count). The van der Waals surface area contributed by atoms with E-state index < -0.39 is 0 Å². The van der Waals surface area contributed by atoms with Crippen LogP contribution in [0.2, 0.25) is 0 Å². The van der Waals surface area contributed by atoms with Gasteiger partial charge in [0.2, 0.25) is 0 Å². The van der Waals surface area contributed by atoms with E-state index in [0.717, 1.165) is 47.9 Å². The van der Waals surface area contributed by atoms with Crippen molar-refractivity contribution < 1.29 is 29.8 Å². The second kappa shape index (κ2) is 11.9. The van der Waals surface area contributed by atoms with Crippen LogP contribution in [0.15, 0.2) is 24.3 Å². The molecule has 1 aliphatic rings. The Morgan fingerprint density at radius 3 is 1.59 bits per heavy atom. The van der Waals surface area contributed by atoms with Crippen LogP contribution >= 0.6 is 0 Å². The maximum absolute atomic E-state index is 11.3. The van der Waals surface area contributed by atoms with Gasteiger partial charge in [0, 0.05) is 0 Å². The van der Waals surface area contributed by atoms with E-state index >= 15 is 0 Å². The molecule has 1 aliphatic carbocycles. The molecule has 0 saturated heterocycles. The number of rotatable bonds is 4. The molecule has 0 spiro atoms. The van der Waals surface area contributed by atoms with Gasteiger partial charge in [-0.3, -0.25) is 0 Å². The van der Waals surface area contributed by atoms with Gasteiger partial charge in [0.1, 0.15) is 0 Å². The van der Waals surface area contributed by atoms with Crippen molar-refractivity contribution in [2.75, 3.05) is 0 Å². The van der Waals surface area contributed by atoms with Crippen molar-refractivity contribution in [2.24, 2.45) is 0 Å². The molecule has 1 saturated carbocycles. The van der Waals surface area contributed by atoms with Crippen molar-refractivity contribution in [2.45, 2.75) is 143 Å². The van der Waals surface area contributed by atoms with Crippen LogP contribution in [0.3, 0.4) is 0 Å². The van der Waals surface area contributed by atoms with E-state index in [4.69, 9.17) is 20.9 Å². The molecular formula is C36H54CoN2O2+2. The molecule has 227 valence electrons. The Balaban J connectivity index is 2.06. The maximum atomic E-state index is 11.3. The zero-order chi connectivity index (χ0) is 31.1. The van der Waals surface area contributed by atoms with Crippen molar-refractivity contribution in [1.82, 2.24) is 4.99 Å². The topological polar surface area (TPSA) is 57.6 Å². The number of nitrogens with zero attached hydrogens (tertiary/aromatic N) is 2. The molecule has 2 unspecified atom stereocenters. The Morgan fingerprint density at radius 2 is 1.12 bits per heavy atom. The van der Waals surface area contributed by atoms with E-state index in [2.05, 4.69) is 107 Å². The predicted molar refractivity (Wildman–Crippen MR) is 170 cm³/mol. The summed E-state index contributed by atoms with van der Waals surface area (Å²) in [5.74, 6) is 0.631. The Bertz CT molecular complexity index is 1310. The molecule has 4 nitrogen and oxygen atoms in total. The summed E-state index contributed by atoms with van der Waals surface area (Å²) in [5.41, 5.74) is 5.35. The fraction of sp³-hybridized carbons (Fsp3) is 0.611. The quantitative estimate of drug-likeness (QED) is 0.348. The third-order valence-electron chi connectivity index (χ3n) is 8.28. The molecular weight excluding hydrogens is 551 g/mol. The summed E-state index contributed by atoms with van der Waals surface area (Å²) in [6.07, 6.45) is 8.00. The van der Waals surface area contributed by atoms with Crippen molar-refractivity contribution in [3.8, 4) is 11.5 Å². The molecule has 41 heavy (non-hydrogen) atoms. The first-order valence-corrected chi connectivity index (χ1v) is 15.6. The van der Waals surface area contributed by atoms with Crippen molar-refractivity contribution in [1.29, 1.82) is 0 Å². The van der Waals surface area contributed by atoms with E-state index in [9.17, 15) is 10.2 Å². The first-order chi connectivity index (χ1) is 18.6. The van der Waals surface area contributed by atoms with Gasteiger partial charge in [-0.2, -0.15) is 0 Å². The second-order valence-corrected chi connectivity index (χ2v) is 16.6. The molecule has 0 heterocycles. The number of aliphatic imine (C=N–C) groups is 1. The van der Waals surface area contributed by atoms with Gasteiger partial charge in [-0.25, -0.2) is 0 Å². The van der Waals surface area contributed by atoms with Crippen molar-refractivity contribution >= 4 is 12.4 Å². The average Bonchev–Trinajstić information content (AvgIpc) is 2.81. The van der Waals surface area contributed by atoms with E-state index in [1.165, 1.54) is 11.1 Å². The summed E-state index contributed by atoms with van der Waals surface area (Å²) in [4.78, 5) is 5.08. The standard InChI is InChI=1S/C36H54N2O2.Co/c1-33(2,3)25-17-23(31(39)27(19-25)35(7,8)9)21-37-29-15-13-14-16-30(29)38-22-24-18-26(34(4,5)6)20-28(32(24)40)36(10,11)12;/h17-22,29-30,39-40H,13-16H2,1-12H3;/q2*+1. The molecule has 1 radical (unpaired) electrons. The predicted octanol–water partition coefficient (Wildman–Crippen LogP) is 7.95. The number of benzene rings is 2. The number of phenolic OH excluding ortho intramolecular Hbond substituents is 2. The van der Waals surface area contributed by atoms with Gasteiger partial charge in [-0.1, -0.05) is 0 Å². The van der Waals surface area contributed by atoms with Gasteiger partial charge < -0.3 is 0 Å². The van der Waals surface area contributed by atoms with E-state index in [1.54, 1.807) is 0 Å². The van der Waals surface area contributed by atoms with Crippen LogP contribution in [0.4, 0.5) is 0 Å². The zero-order valence-corrected chi connectivity index (χ0v) is 28.6. The zero-order valence-electron chi connectivity index (χ0n) is 27.6. The fourth-order valence-electron chi connectivity index (χ4n) is 5.46. The van der Waals surface area contributed by atoms with Crippen LogP contribution in [0.25, 0.3) is 0 Å². The summed E-state index contributed by atoms with van der Waals surface area (Å²) in [5, 5.41) is 22.6. The van der Waals surface area contributed by atoms with Crippen LogP contribution in [-0.2, 0) is 37.6 Å². The Labute approximate surface area is 258 Å². The third kappa shape index (κ3) is 8.04. The monoisotopic (exact) mass is 605 g/mol. The third-order valence-corrected chi connectivity index (χ3v) is 8.76. The molecule has 2 aromatic rings. The minimum atomic E-state index is -0.193. The summed E-state index contributed by atoms with van der Waals surface area (Å²) in [6, 6.07) is 8.57. The molecule has 2 aromatic carbocycles. The Kier molecular flexibility index (Phi) is 9.67. The molecule has 2 atom stereocenters. The van der Waals surface area contributed by atoms with Gasteiger partial charge in [0.15, 0.2) is 0 Å². The number of hydrogen-bond acceptors (Lipinski definition) is 3. The van der Waals surface area contributed by atoms with Crippen LogP contribution < -0.4 is 4.99 Å². The van der Waals surface area contributed by atoms with Crippen molar-refractivity contribution in [3.05, 3.63) is 57.6 Å². The number of aromatic hydroxyl groups is 2. The van der Waals surface area contributed by atoms with Crippen molar-refractivity contribution in [3.63, 3.8) is 0 Å². The van der Waals surface area contributed by atoms with E-state index in [0.29, 0.717) is 11.5 Å². The van der Waals surface area contributed by atoms with Crippen LogP contribution in [-0.4, -0.2) is 38.4 Å². The molecule has 5 heteroatoms. The van der Waals surface area contributed by atoms with Gasteiger partial charge >= 0.3 is 259 Å². The average molecular weight is 606 g/mol. The number of hydrogen-bond donors (Lipinski definition) is 2. The van der Waals surface area contributed by atoms with Gasteiger partial charge in [0.05, 0.1) is 0 Å². The van der Waals surface area contributed by atoms with E-state index in [-0.39, 0.29) is 33.7 Å². The van der Waals surface area contributed by atoms with Crippen LogP contribution in [0, 0.1) is 0 Å². The normalized spacial score (nSPS) is 19.7. The summed E-state index contributed by atoms with van der Waals surface area (Å²) >= 11 is 5.02. The second-order valence-electron chi connectivity index (χ2n) is 16.1. The Morgan fingerprint density at radius 1 is 0.683 bits per heavy atom. The minimum absolute atomic E-state index is 0.0291. The summed E-state index contributed by atoms with van der Waals surface area (Å²) < 4.78 is 1.95. The van der Waals surface area contributed by atoms with Crippen LogP contribution in [0.5, 0.6) is 11.5 Å². The van der Waals surface area contributed by atoms with Gasteiger partial charge in [-0.15, -0.1) is 0 Å². The first kappa shape index (κ1) is 33.4. The molecule has 1 fully saturated rings. The fourth-order valence-corrected chi connectivity index (χ4v) is 5.92. The van der Waals surface area contributed by atoms with Gasteiger partial charge in [-0.05, 0) is 0 Å². The summed E-state index contributed by atoms with van der Waals surface area (Å²) in [6.45, 7) is 26.0. The van der Waals surface area contributed by atoms with Crippen LogP contribution in [0.1, 0.15) is 142 Å². The van der Waals surface area contributed by atoms with E-state index in [1.807, 2.05) is 16.1 Å². The molecule has 0 aliphatic heterocycles.